The second kappa shape index (κ2) is 5.01. The Balaban J connectivity index is 2.17. The summed E-state index contributed by atoms with van der Waals surface area (Å²) in [5, 5.41) is 3.22. The number of aliphatic imine (C=N–C) groups is 1. The summed E-state index contributed by atoms with van der Waals surface area (Å²) in [7, 11) is 2.11. The van der Waals surface area contributed by atoms with E-state index in [0.717, 1.165) is 29.2 Å². The molecule has 0 fully saturated rings. The first-order valence-electron chi connectivity index (χ1n) is 8.01. The van der Waals surface area contributed by atoms with Crippen molar-refractivity contribution in [1.29, 1.82) is 0 Å². The third kappa shape index (κ3) is 1.99. The van der Waals surface area contributed by atoms with Crippen molar-refractivity contribution in [2.24, 2.45) is 4.99 Å². The van der Waals surface area contributed by atoms with E-state index in [0.29, 0.717) is 0 Å². The first-order valence-corrected chi connectivity index (χ1v) is 8.01. The molecule has 0 aliphatic carbocycles. The summed E-state index contributed by atoms with van der Waals surface area (Å²) in [6.45, 7) is 15.0. The molecule has 1 aromatic carbocycles. The Hall–Kier alpha value is -2.03. The van der Waals surface area contributed by atoms with Crippen LogP contribution in [0.15, 0.2) is 36.0 Å². The fraction of sp³-hybridized carbons (Fsp3) is 0.421. The first-order chi connectivity index (χ1) is 10.4. The van der Waals surface area contributed by atoms with Gasteiger partial charge in [-0.2, -0.15) is 0 Å². The van der Waals surface area contributed by atoms with Gasteiger partial charge < -0.3 is 10.2 Å². The number of benzene rings is 1. The predicted molar refractivity (Wildman–Crippen MR) is 95.8 cm³/mol. The predicted octanol–water partition coefficient (Wildman–Crippen LogP) is 4.72. The van der Waals surface area contributed by atoms with Crippen LogP contribution in [0.1, 0.15) is 51.2 Å². The van der Waals surface area contributed by atoms with Crippen molar-refractivity contribution in [3.8, 4) is 0 Å². The van der Waals surface area contributed by atoms with E-state index in [4.69, 9.17) is 0 Å². The van der Waals surface area contributed by atoms with E-state index in [-0.39, 0.29) is 5.41 Å². The molecular weight excluding hydrogens is 270 g/mol. The molecule has 0 saturated carbocycles. The van der Waals surface area contributed by atoms with Gasteiger partial charge in [0.05, 0.1) is 5.69 Å². The van der Waals surface area contributed by atoms with Crippen molar-refractivity contribution in [2.45, 2.75) is 45.4 Å². The Labute approximate surface area is 133 Å². The quantitative estimate of drug-likeness (QED) is 0.873. The summed E-state index contributed by atoms with van der Waals surface area (Å²) in [5.74, 6) is 0.901. The van der Waals surface area contributed by atoms with Gasteiger partial charge in [-0.1, -0.05) is 32.9 Å². The third-order valence-corrected chi connectivity index (χ3v) is 5.09. The molecule has 1 aromatic rings. The van der Waals surface area contributed by atoms with Crippen LogP contribution >= 0.6 is 0 Å². The number of rotatable bonds is 3. The zero-order valence-electron chi connectivity index (χ0n) is 14.1. The molecule has 0 amide bonds. The normalized spacial score (nSPS) is 23.1. The fourth-order valence-electron chi connectivity index (χ4n) is 3.61. The Kier molecular flexibility index (Phi) is 3.39. The van der Waals surface area contributed by atoms with Crippen LogP contribution in [0.25, 0.3) is 5.70 Å². The standard InChI is InChI=1S/C19H25N3/c1-7-8-9-19(5)13(3)22(6)18-10-15-12(2)20-14(4)21-17(15)11-16(18)19/h10-11H,2-3,7-9H2,1,4-6H3,(H,20,21). The van der Waals surface area contributed by atoms with Gasteiger partial charge in [-0.25, -0.2) is 4.99 Å². The molecule has 0 spiro atoms. The Bertz CT molecular complexity index is 699. The van der Waals surface area contributed by atoms with E-state index in [1.54, 1.807) is 0 Å². The number of anilines is 1. The Morgan fingerprint density at radius 2 is 2.05 bits per heavy atom. The van der Waals surface area contributed by atoms with Crippen LogP contribution in [0.4, 0.5) is 11.4 Å². The Morgan fingerprint density at radius 3 is 2.73 bits per heavy atom. The lowest BCUT2D eigenvalue weighted by Crippen LogP contribution is -2.25. The molecule has 1 atom stereocenters. The topological polar surface area (TPSA) is 27.6 Å². The van der Waals surface area contributed by atoms with E-state index in [9.17, 15) is 0 Å². The third-order valence-electron chi connectivity index (χ3n) is 5.09. The van der Waals surface area contributed by atoms with Gasteiger partial charge in [-0.3, -0.25) is 0 Å². The van der Waals surface area contributed by atoms with Crippen molar-refractivity contribution in [3.63, 3.8) is 0 Å². The maximum absolute atomic E-state index is 4.67. The fourth-order valence-corrected chi connectivity index (χ4v) is 3.61. The highest BCUT2D eigenvalue weighted by atomic mass is 15.2. The highest BCUT2D eigenvalue weighted by Crippen LogP contribution is 2.51. The first kappa shape index (κ1) is 14.9. The van der Waals surface area contributed by atoms with Crippen LogP contribution in [0.2, 0.25) is 0 Å². The second-order valence-corrected chi connectivity index (χ2v) is 6.63. The molecule has 0 radical (unpaired) electrons. The Morgan fingerprint density at radius 1 is 1.32 bits per heavy atom. The number of nitrogens with zero attached hydrogens (tertiary/aromatic N) is 2. The van der Waals surface area contributed by atoms with E-state index in [1.807, 2.05) is 6.92 Å². The van der Waals surface area contributed by atoms with Crippen LogP contribution in [-0.4, -0.2) is 12.9 Å². The van der Waals surface area contributed by atoms with Gasteiger partial charge in [0.2, 0.25) is 0 Å². The maximum Gasteiger partial charge on any atom is 0.103 e. The SMILES string of the molecule is C=C1NC(C)=Nc2cc3c(cc21)N(C)C(=C)C3(C)CCCC. The van der Waals surface area contributed by atoms with Gasteiger partial charge >= 0.3 is 0 Å². The second-order valence-electron chi connectivity index (χ2n) is 6.63. The van der Waals surface area contributed by atoms with Crippen LogP contribution < -0.4 is 10.2 Å². The van der Waals surface area contributed by atoms with E-state index >= 15 is 0 Å². The lowest BCUT2D eigenvalue weighted by molar-refractivity contribution is 0.495. The van der Waals surface area contributed by atoms with Crippen molar-refractivity contribution in [2.75, 3.05) is 11.9 Å². The number of nitrogens with one attached hydrogen (secondary N) is 1. The molecule has 0 bridgehead atoms. The van der Waals surface area contributed by atoms with Gasteiger partial charge in [0.15, 0.2) is 0 Å². The molecule has 3 heteroatoms. The zero-order chi connectivity index (χ0) is 16.1. The van der Waals surface area contributed by atoms with Crippen LogP contribution in [0.3, 0.4) is 0 Å². The molecule has 2 aliphatic heterocycles. The summed E-state index contributed by atoms with van der Waals surface area (Å²) in [6, 6.07) is 4.45. The number of hydrogen-bond donors (Lipinski definition) is 1. The molecule has 3 rings (SSSR count). The number of hydrogen-bond acceptors (Lipinski definition) is 3. The van der Waals surface area contributed by atoms with Crippen molar-refractivity contribution in [1.82, 2.24) is 5.32 Å². The molecule has 3 nitrogen and oxygen atoms in total. The average Bonchev–Trinajstić information content (AvgIpc) is 2.66. The van der Waals surface area contributed by atoms with E-state index in [2.05, 4.69) is 61.4 Å². The number of amidine groups is 1. The number of likely N-dealkylation sites (N-methyl/N-ethyl adjacent to an activating group) is 1. The lowest BCUT2D eigenvalue weighted by Gasteiger charge is -2.28. The highest BCUT2D eigenvalue weighted by Gasteiger charge is 2.41. The van der Waals surface area contributed by atoms with E-state index < -0.39 is 0 Å². The molecule has 2 aliphatic rings. The van der Waals surface area contributed by atoms with Crippen LogP contribution in [-0.2, 0) is 5.41 Å². The minimum atomic E-state index is 0.00472. The molecule has 1 unspecified atom stereocenters. The zero-order valence-corrected chi connectivity index (χ0v) is 14.1. The van der Waals surface area contributed by atoms with Crippen molar-refractivity contribution in [3.05, 3.63) is 42.1 Å². The summed E-state index contributed by atoms with van der Waals surface area (Å²) >= 11 is 0. The van der Waals surface area contributed by atoms with Crippen molar-refractivity contribution >= 4 is 22.9 Å². The molecule has 2 heterocycles. The molecule has 0 saturated heterocycles. The molecule has 0 aromatic heterocycles. The summed E-state index contributed by atoms with van der Waals surface area (Å²) in [5.41, 5.74) is 6.79. The number of fused-ring (bicyclic) bond motifs is 2. The van der Waals surface area contributed by atoms with Crippen LogP contribution in [0.5, 0.6) is 0 Å². The summed E-state index contributed by atoms with van der Waals surface area (Å²) in [4.78, 5) is 6.89. The number of allylic oxidation sites excluding steroid dienone is 1. The minimum Gasteiger partial charge on any atom is -0.348 e. The summed E-state index contributed by atoms with van der Waals surface area (Å²) in [6.07, 6.45) is 3.53. The molecule has 116 valence electrons. The van der Waals surface area contributed by atoms with Crippen molar-refractivity contribution < 1.29 is 0 Å². The number of unbranched alkanes of at least 4 members (excludes halogenated alkanes) is 1. The largest absolute Gasteiger partial charge is 0.348 e. The van der Waals surface area contributed by atoms with Crippen LogP contribution in [0, 0.1) is 0 Å². The molecule has 1 N–H and O–H groups in total. The van der Waals surface area contributed by atoms with Gasteiger partial charge in [0.25, 0.3) is 0 Å². The average molecular weight is 295 g/mol. The van der Waals surface area contributed by atoms with E-state index in [1.165, 1.54) is 29.8 Å². The monoisotopic (exact) mass is 295 g/mol. The molecular formula is C19H25N3. The highest BCUT2D eigenvalue weighted by molar-refractivity contribution is 5.97. The minimum absolute atomic E-state index is 0.00472. The lowest BCUT2D eigenvalue weighted by atomic mass is 9.77. The van der Waals surface area contributed by atoms with Gasteiger partial charge in [-0.15, -0.1) is 0 Å². The van der Waals surface area contributed by atoms with Gasteiger partial charge in [0.1, 0.15) is 5.84 Å². The maximum atomic E-state index is 4.67. The summed E-state index contributed by atoms with van der Waals surface area (Å²) < 4.78 is 0. The molecule has 22 heavy (non-hydrogen) atoms. The smallest absolute Gasteiger partial charge is 0.103 e. The van der Waals surface area contributed by atoms with Gasteiger partial charge in [-0.05, 0) is 38.0 Å². The van der Waals surface area contributed by atoms with Gasteiger partial charge in [0, 0.05) is 35.1 Å².